The minimum Gasteiger partial charge on any atom is -0.494 e. The van der Waals surface area contributed by atoms with Crippen LogP contribution in [-0.4, -0.2) is 41.5 Å². The van der Waals surface area contributed by atoms with Crippen LogP contribution in [0.5, 0.6) is 5.75 Å². The van der Waals surface area contributed by atoms with Gasteiger partial charge in [0.05, 0.1) is 24.9 Å². The van der Waals surface area contributed by atoms with E-state index < -0.39 is 0 Å². The number of hydrogen-bond donors (Lipinski definition) is 1. The molecule has 1 N–H and O–H groups in total. The van der Waals surface area contributed by atoms with Crippen molar-refractivity contribution in [3.8, 4) is 29.4 Å². The van der Waals surface area contributed by atoms with Crippen LogP contribution >= 0.6 is 11.3 Å². The van der Waals surface area contributed by atoms with E-state index in [1.165, 1.54) is 11.3 Å². The molecule has 1 saturated heterocycles. The van der Waals surface area contributed by atoms with Crippen molar-refractivity contribution in [3.63, 3.8) is 0 Å². The van der Waals surface area contributed by atoms with Gasteiger partial charge in [-0.15, -0.1) is 17.8 Å². The molecule has 1 unspecified atom stereocenters. The van der Waals surface area contributed by atoms with Gasteiger partial charge in [-0.1, -0.05) is 12.3 Å². The molecule has 3 rings (SSSR count). The fraction of sp³-hybridized carbons (Fsp3) is 0.400. The average Bonchev–Trinajstić information content (AvgIpc) is 3.12. The molecule has 6 heteroatoms. The van der Waals surface area contributed by atoms with E-state index in [2.05, 4.69) is 21.1 Å². The van der Waals surface area contributed by atoms with Crippen molar-refractivity contribution in [3.05, 3.63) is 29.6 Å². The first-order chi connectivity index (χ1) is 12.7. The molecule has 2 heterocycles. The van der Waals surface area contributed by atoms with Crippen molar-refractivity contribution >= 4 is 22.4 Å². The number of anilines is 1. The quantitative estimate of drug-likeness (QED) is 0.790. The lowest BCUT2D eigenvalue weighted by Gasteiger charge is -2.32. The van der Waals surface area contributed by atoms with Gasteiger partial charge in [0.1, 0.15) is 5.75 Å². The topological polar surface area (TPSA) is 54.5 Å². The second kappa shape index (κ2) is 8.84. The fourth-order valence-corrected chi connectivity index (χ4v) is 3.86. The summed E-state index contributed by atoms with van der Waals surface area (Å²) in [5, 5.41) is 5.52. The SMILES string of the molecule is C#CCN1CCCCC1C(=O)Nc1nc(-c2ccc(OCC)cc2)cs1. The van der Waals surface area contributed by atoms with Crippen LogP contribution in [0.25, 0.3) is 11.3 Å². The molecule has 136 valence electrons. The number of carbonyl (C=O) groups excluding carboxylic acids is 1. The highest BCUT2D eigenvalue weighted by Gasteiger charge is 2.28. The van der Waals surface area contributed by atoms with Crippen molar-refractivity contribution < 1.29 is 9.53 Å². The molecule has 1 aliphatic heterocycles. The van der Waals surface area contributed by atoms with Crippen molar-refractivity contribution in [2.75, 3.05) is 25.0 Å². The minimum absolute atomic E-state index is 0.0208. The van der Waals surface area contributed by atoms with Gasteiger partial charge in [0.2, 0.25) is 5.91 Å². The molecule has 0 radical (unpaired) electrons. The Balaban J connectivity index is 1.66. The summed E-state index contributed by atoms with van der Waals surface area (Å²) < 4.78 is 5.46. The normalized spacial score (nSPS) is 17.5. The van der Waals surface area contributed by atoms with Crippen LogP contribution in [0.15, 0.2) is 29.6 Å². The highest BCUT2D eigenvalue weighted by atomic mass is 32.1. The van der Waals surface area contributed by atoms with Gasteiger partial charge in [0.15, 0.2) is 5.13 Å². The Hall–Kier alpha value is -2.36. The number of likely N-dealkylation sites (tertiary alicyclic amines) is 1. The minimum atomic E-state index is -0.169. The van der Waals surface area contributed by atoms with Gasteiger partial charge >= 0.3 is 0 Å². The molecule has 0 saturated carbocycles. The molecule has 1 fully saturated rings. The van der Waals surface area contributed by atoms with Gasteiger partial charge in [-0.25, -0.2) is 4.98 Å². The van der Waals surface area contributed by atoms with Crippen molar-refractivity contribution in [1.82, 2.24) is 9.88 Å². The predicted molar refractivity (Wildman–Crippen MR) is 105 cm³/mol. The van der Waals surface area contributed by atoms with Crippen LogP contribution in [0.2, 0.25) is 0 Å². The number of aromatic nitrogens is 1. The second-order valence-electron chi connectivity index (χ2n) is 6.17. The monoisotopic (exact) mass is 369 g/mol. The number of thiazole rings is 1. The smallest absolute Gasteiger partial charge is 0.243 e. The number of ether oxygens (including phenoxy) is 1. The first kappa shape index (κ1) is 18.4. The number of amides is 1. The van der Waals surface area contributed by atoms with E-state index >= 15 is 0 Å². The highest BCUT2D eigenvalue weighted by molar-refractivity contribution is 7.14. The van der Waals surface area contributed by atoms with Crippen LogP contribution in [0.1, 0.15) is 26.2 Å². The number of nitrogens with zero attached hydrogens (tertiary/aromatic N) is 2. The first-order valence-corrected chi connectivity index (χ1v) is 9.76. The number of benzene rings is 1. The van der Waals surface area contributed by atoms with Gasteiger partial charge in [0.25, 0.3) is 0 Å². The van der Waals surface area contributed by atoms with Crippen LogP contribution in [-0.2, 0) is 4.79 Å². The number of piperidine rings is 1. The van der Waals surface area contributed by atoms with Crippen molar-refractivity contribution in [2.45, 2.75) is 32.2 Å². The van der Waals surface area contributed by atoms with Gasteiger partial charge < -0.3 is 10.1 Å². The standard InChI is InChI=1S/C20H23N3O2S/c1-3-12-23-13-6-5-7-18(23)19(24)22-20-21-17(14-26-20)15-8-10-16(11-9-15)25-4-2/h1,8-11,14,18H,4-7,12-13H2,2H3,(H,21,22,24). The first-order valence-electron chi connectivity index (χ1n) is 8.88. The lowest BCUT2D eigenvalue weighted by atomic mass is 10.0. The molecule has 1 amide bonds. The summed E-state index contributed by atoms with van der Waals surface area (Å²) in [5.74, 6) is 3.47. The number of terminal acetylenes is 1. The highest BCUT2D eigenvalue weighted by Crippen LogP contribution is 2.27. The Morgan fingerprint density at radius 3 is 2.96 bits per heavy atom. The fourth-order valence-electron chi connectivity index (χ4n) is 3.14. The average molecular weight is 369 g/mol. The lowest BCUT2D eigenvalue weighted by molar-refractivity contribution is -0.122. The maximum Gasteiger partial charge on any atom is 0.243 e. The Kier molecular flexibility index (Phi) is 6.26. The van der Waals surface area contributed by atoms with Crippen LogP contribution < -0.4 is 10.1 Å². The summed E-state index contributed by atoms with van der Waals surface area (Å²) in [6.07, 6.45) is 8.40. The van der Waals surface area contributed by atoms with E-state index in [0.29, 0.717) is 18.3 Å². The molecule has 2 aromatic rings. The molecule has 26 heavy (non-hydrogen) atoms. The molecule has 0 bridgehead atoms. The third-order valence-electron chi connectivity index (χ3n) is 4.41. The Bertz CT molecular complexity index is 779. The van der Waals surface area contributed by atoms with E-state index in [4.69, 9.17) is 11.2 Å². The number of carbonyl (C=O) groups is 1. The molecule has 1 aliphatic rings. The zero-order valence-corrected chi connectivity index (χ0v) is 15.7. The van der Waals surface area contributed by atoms with Gasteiger partial charge in [-0.2, -0.15) is 0 Å². The molecule has 1 atom stereocenters. The molecule has 1 aromatic heterocycles. The lowest BCUT2D eigenvalue weighted by Crippen LogP contribution is -2.47. The van der Waals surface area contributed by atoms with Crippen molar-refractivity contribution in [1.29, 1.82) is 0 Å². The molecule has 1 aromatic carbocycles. The molecular formula is C20H23N3O2S. The molecule has 0 aliphatic carbocycles. The van der Waals surface area contributed by atoms with E-state index in [0.717, 1.165) is 42.8 Å². The maximum absolute atomic E-state index is 12.6. The van der Waals surface area contributed by atoms with Gasteiger partial charge in [0, 0.05) is 10.9 Å². The summed E-state index contributed by atoms with van der Waals surface area (Å²) >= 11 is 1.43. The van der Waals surface area contributed by atoms with Crippen LogP contribution in [0.4, 0.5) is 5.13 Å². The molecule has 0 spiro atoms. The molecular weight excluding hydrogens is 346 g/mol. The Morgan fingerprint density at radius 2 is 2.23 bits per heavy atom. The molecule has 5 nitrogen and oxygen atoms in total. The third kappa shape index (κ3) is 4.43. The zero-order chi connectivity index (χ0) is 18.4. The third-order valence-corrected chi connectivity index (χ3v) is 5.16. The second-order valence-corrected chi connectivity index (χ2v) is 7.03. The Labute approximate surface area is 158 Å². The van der Waals surface area contributed by atoms with E-state index in [9.17, 15) is 4.79 Å². The zero-order valence-electron chi connectivity index (χ0n) is 14.9. The largest absolute Gasteiger partial charge is 0.494 e. The summed E-state index contributed by atoms with van der Waals surface area (Å²) in [7, 11) is 0. The van der Waals surface area contributed by atoms with Crippen molar-refractivity contribution in [2.24, 2.45) is 0 Å². The summed E-state index contributed by atoms with van der Waals surface area (Å²) in [5.41, 5.74) is 1.84. The summed E-state index contributed by atoms with van der Waals surface area (Å²) in [6.45, 7) is 3.98. The van der Waals surface area contributed by atoms with Crippen LogP contribution in [0.3, 0.4) is 0 Å². The van der Waals surface area contributed by atoms with Crippen LogP contribution in [0, 0.1) is 12.3 Å². The summed E-state index contributed by atoms with van der Waals surface area (Å²) in [4.78, 5) is 19.3. The van der Waals surface area contributed by atoms with Gasteiger partial charge in [-0.3, -0.25) is 9.69 Å². The summed E-state index contributed by atoms with van der Waals surface area (Å²) in [6, 6.07) is 7.63. The number of rotatable bonds is 6. The van der Waals surface area contributed by atoms with E-state index in [-0.39, 0.29) is 11.9 Å². The number of nitrogens with one attached hydrogen (secondary N) is 1. The van der Waals surface area contributed by atoms with E-state index in [1.54, 1.807) is 0 Å². The van der Waals surface area contributed by atoms with E-state index in [1.807, 2.05) is 36.6 Å². The Morgan fingerprint density at radius 1 is 1.42 bits per heavy atom. The maximum atomic E-state index is 12.6. The predicted octanol–water partition coefficient (Wildman–Crippen LogP) is 3.64. The van der Waals surface area contributed by atoms with Gasteiger partial charge in [-0.05, 0) is 50.6 Å². The number of hydrogen-bond acceptors (Lipinski definition) is 5.